The molecule has 14 heavy (non-hydrogen) atoms. The maximum absolute atomic E-state index is 10.6. The van der Waals surface area contributed by atoms with Gasteiger partial charge in [0, 0.05) is 18.0 Å². The lowest BCUT2D eigenvalue weighted by Gasteiger charge is -2.16. The average molecular weight is 196 g/mol. The molecule has 0 aliphatic heterocycles. The van der Waals surface area contributed by atoms with E-state index in [4.69, 9.17) is 5.73 Å². The summed E-state index contributed by atoms with van der Waals surface area (Å²) >= 11 is 0. The van der Waals surface area contributed by atoms with Gasteiger partial charge in [0.05, 0.1) is 0 Å². The van der Waals surface area contributed by atoms with Crippen LogP contribution in [-0.2, 0) is 4.79 Å². The maximum Gasteiger partial charge on any atom is 0.249 e. The van der Waals surface area contributed by atoms with Crippen LogP contribution in [0.4, 0.5) is 0 Å². The van der Waals surface area contributed by atoms with Gasteiger partial charge in [-0.2, -0.15) is 0 Å². The highest BCUT2D eigenvalue weighted by atomic mass is 16.3. The Balaban J connectivity index is 2.94. The second-order valence-electron chi connectivity index (χ2n) is 3.02. The number of nitrogens with two attached hydrogens (primary N) is 1. The molecule has 1 heterocycles. The molecule has 2 atom stereocenters. The number of aromatic nitrogens is 1. The summed E-state index contributed by atoms with van der Waals surface area (Å²) in [5.41, 5.74) is 6.00. The molecule has 1 amide bonds. The average Bonchev–Trinajstić information content (AvgIpc) is 2.16. The summed E-state index contributed by atoms with van der Waals surface area (Å²) in [6, 6.07) is 1.67. The minimum atomic E-state index is -1.60. The number of amides is 1. The molecule has 0 radical (unpaired) electrons. The number of pyridine rings is 1. The monoisotopic (exact) mass is 196 g/mol. The molecule has 2 unspecified atom stereocenters. The van der Waals surface area contributed by atoms with Crippen molar-refractivity contribution in [3.8, 4) is 0 Å². The third kappa shape index (κ3) is 2.07. The number of aliphatic hydroxyl groups is 2. The molecule has 76 valence electrons. The summed E-state index contributed by atoms with van der Waals surface area (Å²) in [7, 11) is 0. The Kier molecular flexibility index (Phi) is 3.16. The van der Waals surface area contributed by atoms with Crippen LogP contribution in [0.2, 0.25) is 0 Å². The standard InChI is InChI=1S/C9H12N2O3/c1-5-2-3-11-4-6(5)7(12)8(13)9(10)14/h2-4,7-8,12-13H,1H3,(H2,10,14). The van der Waals surface area contributed by atoms with Gasteiger partial charge < -0.3 is 15.9 Å². The first-order valence-electron chi connectivity index (χ1n) is 4.10. The largest absolute Gasteiger partial charge is 0.385 e. The predicted molar refractivity (Wildman–Crippen MR) is 49.1 cm³/mol. The van der Waals surface area contributed by atoms with Crippen LogP contribution >= 0.6 is 0 Å². The zero-order valence-electron chi connectivity index (χ0n) is 7.71. The first-order chi connectivity index (χ1) is 6.54. The van der Waals surface area contributed by atoms with Gasteiger partial charge in [0.2, 0.25) is 5.91 Å². The number of rotatable bonds is 3. The molecule has 1 aromatic heterocycles. The van der Waals surface area contributed by atoms with Gasteiger partial charge in [0.15, 0.2) is 6.10 Å². The van der Waals surface area contributed by atoms with E-state index in [-0.39, 0.29) is 0 Å². The van der Waals surface area contributed by atoms with Gasteiger partial charge in [-0.1, -0.05) is 0 Å². The summed E-state index contributed by atoms with van der Waals surface area (Å²) in [4.78, 5) is 14.4. The van der Waals surface area contributed by atoms with E-state index < -0.39 is 18.1 Å². The number of aliphatic hydroxyl groups excluding tert-OH is 2. The second-order valence-corrected chi connectivity index (χ2v) is 3.02. The molecular weight excluding hydrogens is 184 g/mol. The summed E-state index contributed by atoms with van der Waals surface area (Å²) in [6.45, 7) is 1.74. The van der Waals surface area contributed by atoms with Crippen LogP contribution < -0.4 is 5.73 Å². The van der Waals surface area contributed by atoms with E-state index in [0.717, 1.165) is 5.56 Å². The van der Waals surface area contributed by atoms with Crippen molar-refractivity contribution in [2.45, 2.75) is 19.1 Å². The molecule has 4 N–H and O–H groups in total. The second kappa shape index (κ2) is 4.17. The van der Waals surface area contributed by atoms with Crippen molar-refractivity contribution in [3.05, 3.63) is 29.6 Å². The van der Waals surface area contributed by atoms with Crippen LogP contribution in [0.5, 0.6) is 0 Å². The van der Waals surface area contributed by atoms with Crippen molar-refractivity contribution < 1.29 is 15.0 Å². The third-order valence-corrected chi connectivity index (χ3v) is 1.99. The fraction of sp³-hybridized carbons (Fsp3) is 0.333. The van der Waals surface area contributed by atoms with Gasteiger partial charge >= 0.3 is 0 Å². The molecule has 1 aromatic rings. The van der Waals surface area contributed by atoms with E-state index in [0.29, 0.717) is 5.56 Å². The normalized spacial score (nSPS) is 14.8. The fourth-order valence-electron chi connectivity index (χ4n) is 1.11. The summed E-state index contributed by atoms with van der Waals surface area (Å²) in [5.74, 6) is -0.958. The minimum absolute atomic E-state index is 0.402. The zero-order chi connectivity index (χ0) is 10.7. The van der Waals surface area contributed by atoms with Gasteiger partial charge in [-0.15, -0.1) is 0 Å². The smallest absolute Gasteiger partial charge is 0.249 e. The highest BCUT2D eigenvalue weighted by Gasteiger charge is 2.24. The molecule has 0 aromatic carbocycles. The van der Waals surface area contributed by atoms with Crippen molar-refractivity contribution in [1.29, 1.82) is 0 Å². The quantitative estimate of drug-likeness (QED) is 0.593. The molecule has 0 aliphatic carbocycles. The summed E-state index contributed by atoms with van der Waals surface area (Å²) in [5, 5.41) is 18.8. The number of carbonyl (C=O) groups is 1. The van der Waals surface area contributed by atoms with Crippen LogP contribution in [0, 0.1) is 6.92 Å². The van der Waals surface area contributed by atoms with Gasteiger partial charge in [0.1, 0.15) is 6.10 Å². The predicted octanol–water partition coefficient (Wildman–Crippen LogP) is -0.730. The molecule has 0 saturated carbocycles. The van der Waals surface area contributed by atoms with E-state index in [1.165, 1.54) is 6.20 Å². The van der Waals surface area contributed by atoms with Gasteiger partial charge in [-0.25, -0.2) is 0 Å². The number of nitrogens with zero attached hydrogens (tertiary/aromatic N) is 1. The van der Waals surface area contributed by atoms with E-state index >= 15 is 0 Å². The molecule has 0 spiro atoms. The maximum atomic E-state index is 10.6. The number of hydrogen-bond acceptors (Lipinski definition) is 4. The zero-order valence-corrected chi connectivity index (χ0v) is 7.71. The summed E-state index contributed by atoms with van der Waals surface area (Å²) < 4.78 is 0. The van der Waals surface area contributed by atoms with Gasteiger partial charge in [0.25, 0.3) is 0 Å². The Labute approximate surface area is 81.2 Å². The first-order valence-corrected chi connectivity index (χ1v) is 4.10. The van der Waals surface area contributed by atoms with Crippen molar-refractivity contribution in [2.75, 3.05) is 0 Å². The SMILES string of the molecule is Cc1ccncc1C(O)C(O)C(N)=O. The van der Waals surface area contributed by atoms with Crippen molar-refractivity contribution in [3.63, 3.8) is 0 Å². The molecule has 5 nitrogen and oxygen atoms in total. The van der Waals surface area contributed by atoms with Crippen molar-refractivity contribution in [1.82, 2.24) is 4.98 Å². The Bertz CT molecular complexity index is 341. The van der Waals surface area contributed by atoms with E-state index in [1.807, 2.05) is 0 Å². The number of hydrogen-bond donors (Lipinski definition) is 3. The lowest BCUT2D eigenvalue weighted by molar-refractivity contribution is -0.132. The Hall–Kier alpha value is -1.46. The third-order valence-electron chi connectivity index (χ3n) is 1.99. The molecule has 1 rings (SSSR count). The lowest BCUT2D eigenvalue weighted by atomic mass is 10.0. The number of aryl methyl sites for hydroxylation is 1. The molecule has 0 fully saturated rings. The van der Waals surface area contributed by atoms with Gasteiger partial charge in [-0.05, 0) is 18.6 Å². The molecule has 0 aliphatic rings. The van der Waals surface area contributed by atoms with Crippen molar-refractivity contribution >= 4 is 5.91 Å². The highest BCUT2D eigenvalue weighted by molar-refractivity contribution is 5.79. The van der Waals surface area contributed by atoms with Crippen LogP contribution in [0.15, 0.2) is 18.5 Å². The van der Waals surface area contributed by atoms with Crippen LogP contribution in [0.1, 0.15) is 17.2 Å². The molecule has 0 saturated heterocycles. The van der Waals surface area contributed by atoms with E-state index in [2.05, 4.69) is 4.98 Å². The van der Waals surface area contributed by atoms with Gasteiger partial charge in [-0.3, -0.25) is 9.78 Å². The highest BCUT2D eigenvalue weighted by Crippen LogP contribution is 2.19. The minimum Gasteiger partial charge on any atom is -0.385 e. The number of carbonyl (C=O) groups excluding carboxylic acids is 1. The van der Waals surface area contributed by atoms with Crippen molar-refractivity contribution in [2.24, 2.45) is 5.73 Å². The van der Waals surface area contributed by atoms with Crippen LogP contribution in [-0.4, -0.2) is 27.2 Å². The van der Waals surface area contributed by atoms with E-state index in [9.17, 15) is 15.0 Å². The fourth-order valence-corrected chi connectivity index (χ4v) is 1.11. The Morgan fingerprint density at radius 1 is 1.57 bits per heavy atom. The van der Waals surface area contributed by atoms with Crippen LogP contribution in [0.3, 0.4) is 0 Å². The summed E-state index contributed by atoms with van der Waals surface area (Å²) in [6.07, 6.45) is 0.0352. The lowest BCUT2D eigenvalue weighted by Crippen LogP contribution is -2.34. The van der Waals surface area contributed by atoms with Crippen LogP contribution in [0.25, 0.3) is 0 Å². The Morgan fingerprint density at radius 3 is 2.71 bits per heavy atom. The molecular formula is C9H12N2O3. The molecule has 5 heteroatoms. The molecule has 0 bridgehead atoms. The number of primary amides is 1. The Morgan fingerprint density at radius 2 is 2.21 bits per heavy atom. The topological polar surface area (TPSA) is 96.4 Å². The van der Waals surface area contributed by atoms with E-state index in [1.54, 1.807) is 19.2 Å². The first kappa shape index (κ1) is 10.6.